The summed E-state index contributed by atoms with van der Waals surface area (Å²) in [4.78, 5) is 26.0. The number of aliphatic carboxylic acids is 1. The van der Waals surface area contributed by atoms with Gasteiger partial charge in [-0.05, 0) is 35.2 Å². The molecule has 1 aliphatic heterocycles. The smallest absolute Gasteiger partial charge is 0.326 e. The van der Waals surface area contributed by atoms with Crippen LogP contribution in [-0.2, 0) is 29.0 Å². The van der Waals surface area contributed by atoms with Gasteiger partial charge in [0, 0.05) is 25.6 Å². The van der Waals surface area contributed by atoms with Crippen LogP contribution in [0.1, 0.15) is 23.1 Å². The summed E-state index contributed by atoms with van der Waals surface area (Å²) in [5.41, 5.74) is 3.92. The monoisotopic (exact) mass is 375 g/mol. The molecule has 0 fully saturated rings. The van der Waals surface area contributed by atoms with Crippen molar-refractivity contribution in [2.45, 2.75) is 31.8 Å². The first kappa shape index (κ1) is 18.0. The van der Waals surface area contributed by atoms with Gasteiger partial charge >= 0.3 is 5.97 Å². The van der Waals surface area contributed by atoms with E-state index in [-0.39, 0.29) is 12.3 Å². The Kier molecular flexibility index (Phi) is 4.93. The van der Waals surface area contributed by atoms with Crippen LogP contribution in [0.15, 0.2) is 67.0 Å². The van der Waals surface area contributed by atoms with Crippen LogP contribution in [0.4, 0.5) is 0 Å². The van der Waals surface area contributed by atoms with Crippen LogP contribution >= 0.6 is 0 Å². The summed E-state index contributed by atoms with van der Waals surface area (Å²) in [6, 6.07) is 16.7. The van der Waals surface area contributed by atoms with Crippen molar-refractivity contribution in [2.75, 3.05) is 0 Å². The zero-order valence-electron chi connectivity index (χ0n) is 15.4. The van der Waals surface area contributed by atoms with E-state index in [0.717, 1.165) is 22.4 Å². The number of rotatable bonds is 5. The molecule has 142 valence electrons. The van der Waals surface area contributed by atoms with E-state index in [4.69, 9.17) is 0 Å². The number of para-hydroxylation sites is 1. The van der Waals surface area contributed by atoms with Crippen LogP contribution in [0.3, 0.4) is 0 Å². The fraction of sp³-hybridized carbons (Fsp3) is 0.227. The van der Waals surface area contributed by atoms with Gasteiger partial charge < -0.3 is 10.0 Å². The van der Waals surface area contributed by atoms with E-state index in [9.17, 15) is 14.7 Å². The highest BCUT2D eigenvalue weighted by Gasteiger charge is 2.34. The maximum absolute atomic E-state index is 12.8. The highest BCUT2D eigenvalue weighted by molar-refractivity contribution is 5.84. The van der Waals surface area contributed by atoms with Crippen molar-refractivity contribution in [3.63, 3.8) is 0 Å². The summed E-state index contributed by atoms with van der Waals surface area (Å²) in [5.74, 6) is -1.10. The van der Waals surface area contributed by atoms with Gasteiger partial charge in [0.15, 0.2) is 0 Å². The van der Waals surface area contributed by atoms with Crippen LogP contribution < -0.4 is 0 Å². The van der Waals surface area contributed by atoms with Crippen molar-refractivity contribution in [3.8, 4) is 5.69 Å². The van der Waals surface area contributed by atoms with E-state index in [2.05, 4.69) is 5.10 Å². The Morgan fingerprint density at radius 1 is 1.04 bits per heavy atom. The predicted molar refractivity (Wildman–Crippen MR) is 104 cm³/mol. The molecular weight excluding hydrogens is 354 g/mol. The SMILES string of the molecule is O=C(O)[C@H]1Cc2ccccc2CN1C(=O)CCc1cnn(-c2ccccc2)c1. The largest absolute Gasteiger partial charge is 0.480 e. The van der Waals surface area contributed by atoms with E-state index >= 15 is 0 Å². The third-order valence-corrected chi connectivity index (χ3v) is 5.14. The molecule has 1 aromatic heterocycles. The van der Waals surface area contributed by atoms with Crippen LogP contribution in [0, 0.1) is 0 Å². The molecule has 1 amide bonds. The highest BCUT2D eigenvalue weighted by Crippen LogP contribution is 2.24. The summed E-state index contributed by atoms with van der Waals surface area (Å²) in [5, 5.41) is 13.9. The van der Waals surface area contributed by atoms with E-state index in [1.807, 2.05) is 60.8 Å². The first-order valence-electron chi connectivity index (χ1n) is 9.30. The first-order valence-corrected chi connectivity index (χ1v) is 9.30. The number of nitrogens with zero attached hydrogens (tertiary/aromatic N) is 3. The lowest BCUT2D eigenvalue weighted by molar-refractivity contribution is -0.151. The van der Waals surface area contributed by atoms with Gasteiger partial charge in [0.25, 0.3) is 0 Å². The second-order valence-corrected chi connectivity index (χ2v) is 6.98. The van der Waals surface area contributed by atoms with Gasteiger partial charge in [0.2, 0.25) is 5.91 Å². The number of carboxylic acid groups (broad SMARTS) is 1. The fourth-order valence-electron chi connectivity index (χ4n) is 3.61. The summed E-state index contributed by atoms with van der Waals surface area (Å²) >= 11 is 0. The molecule has 3 aromatic rings. The molecule has 0 unspecified atom stereocenters. The second-order valence-electron chi connectivity index (χ2n) is 6.98. The number of benzene rings is 2. The minimum atomic E-state index is -0.959. The quantitative estimate of drug-likeness (QED) is 0.744. The van der Waals surface area contributed by atoms with Crippen molar-refractivity contribution in [1.82, 2.24) is 14.7 Å². The molecule has 2 aromatic carbocycles. The molecule has 0 saturated heterocycles. The minimum Gasteiger partial charge on any atom is -0.480 e. The maximum Gasteiger partial charge on any atom is 0.326 e. The van der Waals surface area contributed by atoms with Gasteiger partial charge in [-0.1, -0.05) is 42.5 Å². The van der Waals surface area contributed by atoms with Crippen LogP contribution in [0.5, 0.6) is 0 Å². The van der Waals surface area contributed by atoms with Crippen molar-refractivity contribution in [2.24, 2.45) is 0 Å². The molecule has 0 saturated carbocycles. The third-order valence-electron chi connectivity index (χ3n) is 5.14. The Balaban J connectivity index is 1.44. The molecule has 0 aliphatic carbocycles. The zero-order chi connectivity index (χ0) is 19.5. The topological polar surface area (TPSA) is 75.4 Å². The average Bonchev–Trinajstić information content (AvgIpc) is 3.20. The van der Waals surface area contributed by atoms with Gasteiger partial charge in [0.1, 0.15) is 6.04 Å². The number of carboxylic acids is 1. The zero-order valence-corrected chi connectivity index (χ0v) is 15.4. The third kappa shape index (κ3) is 3.67. The predicted octanol–water partition coefficient (Wildman–Crippen LogP) is 2.84. The van der Waals surface area contributed by atoms with E-state index in [1.165, 1.54) is 4.90 Å². The van der Waals surface area contributed by atoms with Crippen molar-refractivity contribution < 1.29 is 14.7 Å². The standard InChI is InChI=1S/C22H21N3O3/c26-21(11-10-16-13-23-25(14-16)19-8-2-1-3-9-19)24-15-18-7-5-4-6-17(18)12-20(24)22(27)28/h1-9,13-14,20H,10-12,15H2,(H,27,28)/t20-/m1/s1. The number of hydrogen-bond donors (Lipinski definition) is 1. The number of aromatic nitrogens is 2. The average molecular weight is 375 g/mol. The molecule has 1 N–H and O–H groups in total. The Hall–Kier alpha value is -3.41. The molecule has 0 bridgehead atoms. The van der Waals surface area contributed by atoms with Gasteiger partial charge in [0.05, 0.1) is 11.9 Å². The van der Waals surface area contributed by atoms with E-state index in [1.54, 1.807) is 10.9 Å². The Morgan fingerprint density at radius 2 is 1.75 bits per heavy atom. The summed E-state index contributed by atoms with van der Waals surface area (Å²) in [7, 11) is 0. The van der Waals surface area contributed by atoms with Crippen LogP contribution in [-0.4, -0.2) is 37.7 Å². The van der Waals surface area contributed by atoms with Crippen LogP contribution in [0.25, 0.3) is 5.69 Å². The van der Waals surface area contributed by atoms with Gasteiger partial charge in [-0.15, -0.1) is 0 Å². The Labute approximate surface area is 163 Å². The fourth-order valence-corrected chi connectivity index (χ4v) is 3.61. The molecule has 1 aliphatic rings. The van der Waals surface area contributed by atoms with E-state index in [0.29, 0.717) is 19.4 Å². The lowest BCUT2D eigenvalue weighted by atomic mass is 9.93. The van der Waals surface area contributed by atoms with Crippen molar-refractivity contribution in [3.05, 3.63) is 83.7 Å². The maximum atomic E-state index is 12.8. The number of carbonyl (C=O) groups excluding carboxylic acids is 1. The lowest BCUT2D eigenvalue weighted by Crippen LogP contribution is -2.48. The lowest BCUT2D eigenvalue weighted by Gasteiger charge is -2.34. The number of amides is 1. The van der Waals surface area contributed by atoms with Crippen LogP contribution in [0.2, 0.25) is 0 Å². The number of hydrogen-bond acceptors (Lipinski definition) is 3. The molecule has 1 atom stereocenters. The molecule has 28 heavy (non-hydrogen) atoms. The Morgan fingerprint density at radius 3 is 2.50 bits per heavy atom. The number of carbonyl (C=O) groups is 2. The summed E-state index contributed by atoms with van der Waals surface area (Å²) < 4.78 is 1.77. The normalized spacial score (nSPS) is 15.9. The second kappa shape index (κ2) is 7.68. The summed E-state index contributed by atoms with van der Waals surface area (Å²) in [6.45, 7) is 0.343. The molecular formula is C22H21N3O3. The molecule has 6 heteroatoms. The molecule has 0 radical (unpaired) electrons. The molecule has 2 heterocycles. The Bertz CT molecular complexity index is 997. The van der Waals surface area contributed by atoms with Gasteiger partial charge in [-0.25, -0.2) is 9.48 Å². The number of aryl methyl sites for hydroxylation is 1. The van der Waals surface area contributed by atoms with E-state index < -0.39 is 12.0 Å². The van der Waals surface area contributed by atoms with Crippen molar-refractivity contribution >= 4 is 11.9 Å². The molecule has 0 spiro atoms. The number of fused-ring (bicyclic) bond motifs is 1. The first-order chi connectivity index (χ1) is 13.6. The van der Waals surface area contributed by atoms with Crippen molar-refractivity contribution in [1.29, 1.82) is 0 Å². The highest BCUT2D eigenvalue weighted by atomic mass is 16.4. The minimum absolute atomic E-state index is 0.144. The van der Waals surface area contributed by atoms with Gasteiger partial charge in [-0.2, -0.15) is 5.10 Å². The van der Waals surface area contributed by atoms with Gasteiger partial charge in [-0.3, -0.25) is 4.79 Å². The molecule has 4 rings (SSSR count). The summed E-state index contributed by atoms with van der Waals surface area (Å²) in [6.07, 6.45) is 4.79. The molecule has 6 nitrogen and oxygen atoms in total.